The molecule has 1 saturated heterocycles. The van der Waals surface area contributed by atoms with E-state index in [9.17, 15) is 20.4 Å². The molecule has 0 radical (unpaired) electrons. The first-order valence-electron chi connectivity index (χ1n) is 10.2. The van der Waals surface area contributed by atoms with E-state index in [4.69, 9.17) is 4.74 Å². The molecule has 27 heavy (non-hydrogen) atoms. The van der Waals surface area contributed by atoms with Crippen LogP contribution in [-0.2, 0) is 6.42 Å². The monoisotopic (exact) mass is 379 g/mol. The van der Waals surface area contributed by atoms with Crippen LogP contribution in [0.3, 0.4) is 0 Å². The predicted octanol–water partition coefficient (Wildman–Crippen LogP) is 1.09. The molecular formula is C21H33NO5. The van der Waals surface area contributed by atoms with Crippen LogP contribution in [0.25, 0.3) is 0 Å². The Morgan fingerprint density at radius 1 is 0.963 bits per heavy atom. The predicted molar refractivity (Wildman–Crippen MR) is 103 cm³/mol. The highest BCUT2D eigenvalue weighted by molar-refractivity contribution is 5.27. The number of piperidine rings is 1. The van der Waals surface area contributed by atoms with Gasteiger partial charge in [0.25, 0.3) is 0 Å². The maximum absolute atomic E-state index is 10.0. The van der Waals surface area contributed by atoms with Gasteiger partial charge >= 0.3 is 0 Å². The molecule has 1 saturated carbocycles. The first kappa shape index (κ1) is 20.6. The second kappa shape index (κ2) is 9.85. The number of nitrogens with zero attached hydrogens (tertiary/aromatic N) is 1. The van der Waals surface area contributed by atoms with Crippen LogP contribution in [0, 0.1) is 0 Å². The number of benzene rings is 1. The standard InChI is InChI=1S/C21H33NO5/c23-14-18-20(25)21(26)19(24)13-22(18)12-4-5-15-8-10-17(11-9-15)27-16-6-2-1-3-7-16/h8-11,16,18-21,23-26H,1-7,12-14H2/t18-,19+,20-,21-/m1/s1. The molecule has 152 valence electrons. The van der Waals surface area contributed by atoms with Gasteiger partial charge in [0.2, 0.25) is 0 Å². The minimum absolute atomic E-state index is 0.238. The van der Waals surface area contributed by atoms with Crippen molar-refractivity contribution in [2.24, 2.45) is 0 Å². The Kier molecular flexibility index (Phi) is 7.49. The number of hydrogen-bond acceptors (Lipinski definition) is 6. The lowest BCUT2D eigenvalue weighted by molar-refractivity contribution is -0.145. The molecule has 0 spiro atoms. The summed E-state index contributed by atoms with van der Waals surface area (Å²) in [4.78, 5) is 1.86. The number of ether oxygens (including phenoxy) is 1. The normalized spacial score (nSPS) is 30.4. The van der Waals surface area contributed by atoms with E-state index in [1.54, 1.807) is 0 Å². The second-order valence-corrected chi connectivity index (χ2v) is 7.92. The van der Waals surface area contributed by atoms with Crippen LogP contribution >= 0.6 is 0 Å². The Morgan fingerprint density at radius 3 is 2.33 bits per heavy atom. The van der Waals surface area contributed by atoms with Crippen molar-refractivity contribution in [2.75, 3.05) is 19.7 Å². The summed E-state index contributed by atoms with van der Waals surface area (Å²) < 4.78 is 6.06. The van der Waals surface area contributed by atoms with Crippen LogP contribution in [0.1, 0.15) is 44.1 Å². The molecule has 1 aliphatic heterocycles. The lowest BCUT2D eigenvalue weighted by atomic mass is 9.94. The number of likely N-dealkylation sites (tertiary alicyclic amines) is 1. The molecule has 1 aromatic carbocycles. The molecule has 2 aliphatic rings. The van der Waals surface area contributed by atoms with E-state index in [0.717, 1.165) is 31.4 Å². The van der Waals surface area contributed by atoms with E-state index in [-0.39, 0.29) is 13.2 Å². The van der Waals surface area contributed by atoms with Crippen LogP contribution in [0.2, 0.25) is 0 Å². The Labute approximate surface area is 161 Å². The van der Waals surface area contributed by atoms with Crippen LogP contribution in [0.15, 0.2) is 24.3 Å². The summed E-state index contributed by atoms with van der Waals surface area (Å²) in [6.45, 7) is 0.669. The van der Waals surface area contributed by atoms with Gasteiger partial charge in [0, 0.05) is 6.54 Å². The van der Waals surface area contributed by atoms with E-state index >= 15 is 0 Å². The highest BCUT2D eigenvalue weighted by Gasteiger charge is 2.40. The van der Waals surface area contributed by atoms with Gasteiger partial charge in [-0.05, 0) is 62.8 Å². The van der Waals surface area contributed by atoms with Crippen molar-refractivity contribution in [1.82, 2.24) is 4.90 Å². The first-order chi connectivity index (χ1) is 13.1. The molecule has 3 rings (SSSR count). The lowest BCUT2D eigenvalue weighted by Crippen LogP contribution is -2.62. The van der Waals surface area contributed by atoms with Crippen LogP contribution in [0.5, 0.6) is 5.75 Å². The van der Waals surface area contributed by atoms with Gasteiger partial charge in [-0.15, -0.1) is 0 Å². The van der Waals surface area contributed by atoms with Crippen molar-refractivity contribution in [3.63, 3.8) is 0 Å². The number of hydrogen-bond donors (Lipinski definition) is 4. The van der Waals surface area contributed by atoms with Gasteiger partial charge in [0.15, 0.2) is 0 Å². The fraction of sp³-hybridized carbons (Fsp3) is 0.714. The number of aliphatic hydroxyl groups is 4. The Morgan fingerprint density at radius 2 is 1.67 bits per heavy atom. The summed E-state index contributed by atoms with van der Waals surface area (Å²) in [5, 5.41) is 39.2. The fourth-order valence-electron chi connectivity index (χ4n) is 4.23. The molecule has 1 heterocycles. The van der Waals surface area contributed by atoms with E-state index in [2.05, 4.69) is 12.1 Å². The fourth-order valence-corrected chi connectivity index (χ4v) is 4.23. The molecule has 0 bridgehead atoms. The van der Waals surface area contributed by atoms with Gasteiger partial charge < -0.3 is 25.2 Å². The number of rotatable bonds is 7. The largest absolute Gasteiger partial charge is 0.490 e. The van der Waals surface area contributed by atoms with Crippen molar-refractivity contribution < 1.29 is 25.2 Å². The Bertz CT molecular complexity index is 560. The Balaban J connectivity index is 1.45. The third-order valence-electron chi connectivity index (χ3n) is 5.91. The van der Waals surface area contributed by atoms with Crippen molar-refractivity contribution in [3.8, 4) is 5.75 Å². The van der Waals surface area contributed by atoms with Gasteiger partial charge in [-0.25, -0.2) is 0 Å². The Hall–Kier alpha value is -1.18. The maximum Gasteiger partial charge on any atom is 0.119 e. The smallest absolute Gasteiger partial charge is 0.119 e. The number of β-amino-alcohol motifs (C(OH)–C–C–N with tert-alkyl or cyclic N) is 1. The molecular weight excluding hydrogens is 346 g/mol. The SMILES string of the molecule is OC[C@@H]1[C@@H](O)[C@H](O)[C@@H](O)CN1CCCc1ccc(OC2CCCCC2)cc1. The van der Waals surface area contributed by atoms with Crippen LogP contribution < -0.4 is 4.74 Å². The summed E-state index contributed by atoms with van der Waals surface area (Å²) in [6.07, 6.45) is 4.88. The van der Waals surface area contributed by atoms with E-state index in [1.807, 2.05) is 17.0 Å². The lowest BCUT2D eigenvalue weighted by Gasteiger charge is -2.43. The second-order valence-electron chi connectivity index (χ2n) is 7.92. The summed E-state index contributed by atoms with van der Waals surface area (Å²) in [7, 11) is 0. The van der Waals surface area contributed by atoms with E-state index < -0.39 is 24.4 Å². The van der Waals surface area contributed by atoms with Gasteiger partial charge in [-0.1, -0.05) is 18.6 Å². The van der Waals surface area contributed by atoms with Crippen molar-refractivity contribution in [3.05, 3.63) is 29.8 Å². The average molecular weight is 379 g/mol. The highest BCUT2D eigenvalue weighted by atomic mass is 16.5. The van der Waals surface area contributed by atoms with Gasteiger partial charge in [-0.3, -0.25) is 4.90 Å². The maximum atomic E-state index is 10.0. The minimum atomic E-state index is -1.20. The van der Waals surface area contributed by atoms with Gasteiger partial charge in [0.05, 0.1) is 24.9 Å². The molecule has 0 unspecified atom stereocenters. The molecule has 0 aromatic heterocycles. The number of aryl methyl sites for hydroxylation is 1. The van der Waals surface area contributed by atoms with Crippen LogP contribution in [-0.4, -0.2) is 75.5 Å². The van der Waals surface area contributed by atoms with Gasteiger partial charge in [-0.2, -0.15) is 0 Å². The molecule has 2 fully saturated rings. The molecule has 1 aromatic rings. The average Bonchev–Trinajstić information content (AvgIpc) is 2.68. The zero-order valence-corrected chi connectivity index (χ0v) is 15.9. The third kappa shape index (κ3) is 5.42. The van der Waals surface area contributed by atoms with Crippen molar-refractivity contribution >= 4 is 0 Å². The zero-order valence-electron chi connectivity index (χ0n) is 15.9. The number of aliphatic hydroxyl groups excluding tert-OH is 4. The van der Waals surface area contributed by atoms with E-state index in [0.29, 0.717) is 12.6 Å². The van der Waals surface area contributed by atoms with Gasteiger partial charge in [0.1, 0.15) is 18.0 Å². The first-order valence-corrected chi connectivity index (χ1v) is 10.2. The molecule has 6 nitrogen and oxygen atoms in total. The highest BCUT2D eigenvalue weighted by Crippen LogP contribution is 2.24. The summed E-state index contributed by atoms with van der Waals surface area (Å²) in [6, 6.07) is 7.71. The molecule has 1 aliphatic carbocycles. The summed E-state index contributed by atoms with van der Waals surface area (Å²) >= 11 is 0. The third-order valence-corrected chi connectivity index (χ3v) is 5.91. The minimum Gasteiger partial charge on any atom is -0.490 e. The summed E-state index contributed by atoms with van der Waals surface area (Å²) in [5.41, 5.74) is 1.21. The quantitative estimate of drug-likeness (QED) is 0.567. The zero-order chi connectivity index (χ0) is 19.2. The van der Waals surface area contributed by atoms with Crippen molar-refractivity contribution in [1.29, 1.82) is 0 Å². The molecule has 0 amide bonds. The van der Waals surface area contributed by atoms with E-state index in [1.165, 1.54) is 24.8 Å². The molecule has 6 heteroatoms. The van der Waals surface area contributed by atoms with Crippen LogP contribution in [0.4, 0.5) is 0 Å². The molecule has 4 N–H and O–H groups in total. The topological polar surface area (TPSA) is 93.4 Å². The summed E-state index contributed by atoms with van der Waals surface area (Å²) in [5.74, 6) is 0.933. The van der Waals surface area contributed by atoms with Crippen molar-refractivity contribution in [2.45, 2.75) is 75.4 Å². The molecule has 4 atom stereocenters.